The van der Waals surface area contributed by atoms with E-state index in [9.17, 15) is 0 Å². The lowest BCUT2D eigenvalue weighted by Gasteiger charge is -1.92. The van der Waals surface area contributed by atoms with Gasteiger partial charge < -0.3 is 10.7 Å². The second-order valence-electron chi connectivity index (χ2n) is 3.07. The third-order valence-electron chi connectivity index (χ3n) is 2.25. The Morgan fingerprint density at radius 2 is 2.31 bits per heavy atom. The normalized spacial score (nSPS) is 10.6. The van der Waals surface area contributed by atoms with Crippen LogP contribution in [-0.2, 0) is 7.05 Å². The van der Waals surface area contributed by atoms with Crippen molar-refractivity contribution in [3.05, 3.63) is 24.2 Å². The molecular weight excluding hydrogens is 164 g/mol. The maximum Gasteiger partial charge on any atom is 0.117 e. The molecule has 0 aliphatic rings. The summed E-state index contributed by atoms with van der Waals surface area (Å²) in [5, 5.41) is 4.32. The van der Waals surface area contributed by atoms with Crippen molar-refractivity contribution >= 4 is 5.69 Å². The van der Waals surface area contributed by atoms with Crippen molar-refractivity contribution in [3.63, 3.8) is 0 Å². The van der Waals surface area contributed by atoms with Gasteiger partial charge in [-0.15, -0.1) is 0 Å². The smallest absolute Gasteiger partial charge is 0.117 e. The van der Waals surface area contributed by atoms with Crippen LogP contribution in [0.3, 0.4) is 0 Å². The van der Waals surface area contributed by atoms with Crippen LogP contribution in [0.5, 0.6) is 0 Å². The molecule has 2 aromatic rings. The first-order valence-electron chi connectivity index (χ1n) is 4.12. The number of hydrogen-bond donors (Lipinski definition) is 2. The van der Waals surface area contributed by atoms with E-state index in [0.717, 1.165) is 22.6 Å². The quantitative estimate of drug-likeness (QED) is 0.688. The van der Waals surface area contributed by atoms with Crippen LogP contribution in [0.25, 0.3) is 11.3 Å². The maximum absolute atomic E-state index is 5.90. The molecule has 0 amide bonds. The number of H-pyrrole nitrogens is 1. The number of rotatable bonds is 1. The summed E-state index contributed by atoms with van der Waals surface area (Å²) in [6.07, 6.45) is 3.75. The molecule has 2 heterocycles. The second kappa shape index (κ2) is 2.65. The number of aryl methyl sites for hydroxylation is 1. The first-order chi connectivity index (χ1) is 6.20. The van der Waals surface area contributed by atoms with E-state index in [-0.39, 0.29) is 0 Å². The Hall–Kier alpha value is -1.71. The Balaban J connectivity index is 2.59. The minimum Gasteiger partial charge on any atom is -0.395 e. The number of aromatic nitrogens is 3. The lowest BCUT2D eigenvalue weighted by Crippen LogP contribution is -1.93. The molecule has 0 aliphatic heterocycles. The van der Waals surface area contributed by atoms with E-state index in [1.54, 1.807) is 4.68 Å². The number of nitrogen functional groups attached to an aromatic ring is 1. The molecule has 0 atom stereocenters. The molecule has 0 spiro atoms. The largest absolute Gasteiger partial charge is 0.395 e. The van der Waals surface area contributed by atoms with Crippen molar-refractivity contribution < 1.29 is 0 Å². The highest BCUT2D eigenvalue weighted by molar-refractivity contribution is 5.73. The summed E-state index contributed by atoms with van der Waals surface area (Å²) in [5.74, 6) is 0. The van der Waals surface area contributed by atoms with Gasteiger partial charge in [-0.05, 0) is 13.0 Å². The molecule has 0 saturated carbocycles. The fraction of sp³-hybridized carbons (Fsp3) is 0.222. The first-order valence-corrected chi connectivity index (χ1v) is 4.12. The summed E-state index contributed by atoms with van der Waals surface area (Å²) in [6.45, 7) is 1.96. The van der Waals surface area contributed by atoms with Gasteiger partial charge in [0, 0.05) is 25.0 Å². The minimum atomic E-state index is 0.752. The third kappa shape index (κ3) is 1.11. The van der Waals surface area contributed by atoms with E-state index < -0.39 is 0 Å². The van der Waals surface area contributed by atoms with Gasteiger partial charge in [-0.3, -0.25) is 4.68 Å². The van der Waals surface area contributed by atoms with E-state index in [2.05, 4.69) is 10.1 Å². The molecule has 13 heavy (non-hydrogen) atoms. The summed E-state index contributed by atoms with van der Waals surface area (Å²) >= 11 is 0. The Labute approximate surface area is 76.4 Å². The zero-order valence-corrected chi connectivity index (χ0v) is 7.70. The molecule has 0 radical (unpaired) electrons. The van der Waals surface area contributed by atoms with Crippen LogP contribution >= 0.6 is 0 Å². The topological polar surface area (TPSA) is 59.6 Å². The Bertz CT molecular complexity index is 411. The highest BCUT2D eigenvalue weighted by Gasteiger charge is 2.10. The molecule has 0 bridgehead atoms. The SMILES string of the molecule is Cc1c(N)c(-c2cc[nH]c2)nn1C. The van der Waals surface area contributed by atoms with Gasteiger partial charge in [0.1, 0.15) is 5.69 Å². The molecule has 0 aliphatic carbocycles. The van der Waals surface area contributed by atoms with Gasteiger partial charge in [-0.2, -0.15) is 5.10 Å². The second-order valence-corrected chi connectivity index (χ2v) is 3.07. The van der Waals surface area contributed by atoms with Gasteiger partial charge in [0.2, 0.25) is 0 Å². The number of nitrogens with one attached hydrogen (secondary N) is 1. The van der Waals surface area contributed by atoms with Crippen LogP contribution in [0.1, 0.15) is 5.69 Å². The van der Waals surface area contributed by atoms with Crippen LogP contribution < -0.4 is 5.73 Å². The fourth-order valence-electron chi connectivity index (χ4n) is 1.31. The van der Waals surface area contributed by atoms with Crippen LogP contribution in [0.15, 0.2) is 18.5 Å². The number of nitrogens with zero attached hydrogens (tertiary/aromatic N) is 2. The lowest BCUT2D eigenvalue weighted by atomic mass is 10.2. The lowest BCUT2D eigenvalue weighted by molar-refractivity contribution is 0.743. The van der Waals surface area contributed by atoms with Crippen molar-refractivity contribution in [3.8, 4) is 11.3 Å². The highest BCUT2D eigenvalue weighted by Crippen LogP contribution is 2.25. The Kier molecular flexibility index (Phi) is 1.62. The number of nitrogens with two attached hydrogens (primary N) is 1. The van der Waals surface area contributed by atoms with E-state index in [4.69, 9.17) is 5.73 Å². The van der Waals surface area contributed by atoms with Crippen molar-refractivity contribution in [2.45, 2.75) is 6.92 Å². The van der Waals surface area contributed by atoms with E-state index in [0.29, 0.717) is 0 Å². The molecule has 3 N–H and O–H groups in total. The standard InChI is InChI=1S/C9H12N4/c1-6-8(10)9(12-13(6)2)7-3-4-11-5-7/h3-5,11H,10H2,1-2H3. The molecule has 2 aromatic heterocycles. The molecule has 0 unspecified atom stereocenters. The van der Waals surface area contributed by atoms with E-state index in [1.165, 1.54) is 0 Å². The van der Waals surface area contributed by atoms with Crippen molar-refractivity contribution in [1.82, 2.24) is 14.8 Å². The molecule has 4 nitrogen and oxygen atoms in total. The van der Waals surface area contributed by atoms with Crippen LogP contribution in [0.4, 0.5) is 5.69 Å². The Morgan fingerprint density at radius 1 is 1.54 bits per heavy atom. The van der Waals surface area contributed by atoms with Gasteiger partial charge in [-0.25, -0.2) is 0 Å². The third-order valence-corrected chi connectivity index (χ3v) is 2.25. The number of aromatic amines is 1. The summed E-state index contributed by atoms with van der Waals surface area (Å²) in [7, 11) is 1.89. The van der Waals surface area contributed by atoms with Gasteiger partial charge in [0.25, 0.3) is 0 Å². The van der Waals surface area contributed by atoms with Crippen LogP contribution in [0, 0.1) is 6.92 Å². The predicted molar refractivity (Wildman–Crippen MR) is 52.1 cm³/mol. The Morgan fingerprint density at radius 3 is 2.77 bits per heavy atom. The summed E-state index contributed by atoms with van der Waals surface area (Å²) < 4.78 is 1.79. The molecule has 0 saturated heterocycles. The maximum atomic E-state index is 5.90. The zero-order valence-electron chi connectivity index (χ0n) is 7.70. The van der Waals surface area contributed by atoms with E-state index >= 15 is 0 Å². The van der Waals surface area contributed by atoms with Crippen LogP contribution in [-0.4, -0.2) is 14.8 Å². The van der Waals surface area contributed by atoms with Gasteiger partial charge in [-0.1, -0.05) is 0 Å². The molecular formula is C9H12N4. The zero-order chi connectivity index (χ0) is 9.42. The molecule has 0 aromatic carbocycles. The molecule has 0 fully saturated rings. The summed E-state index contributed by atoms with van der Waals surface area (Å²) in [6, 6.07) is 1.96. The number of anilines is 1. The van der Waals surface area contributed by atoms with Crippen LogP contribution in [0.2, 0.25) is 0 Å². The summed E-state index contributed by atoms with van der Waals surface area (Å²) in [5.41, 5.74) is 9.52. The van der Waals surface area contributed by atoms with Gasteiger partial charge in [0.05, 0.1) is 11.4 Å². The minimum absolute atomic E-state index is 0.752. The highest BCUT2D eigenvalue weighted by atomic mass is 15.3. The number of hydrogen-bond acceptors (Lipinski definition) is 2. The van der Waals surface area contributed by atoms with E-state index in [1.807, 2.05) is 32.4 Å². The predicted octanol–water partition coefficient (Wildman–Crippen LogP) is 1.31. The van der Waals surface area contributed by atoms with Gasteiger partial charge in [0.15, 0.2) is 0 Å². The average molecular weight is 176 g/mol. The molecule has 68 valence electrons. The molecule has 4 heteroatoms. The average Bonchev–Trinajstić information content (AvgIpc) is 2.70. The van der Waals surface area contributed by atoms with Crippen molar-refractivity contribution in [2.75, 3.05) is 5.73 Å². The van der Waals surface area contributed by atoms with Gasteiger partial charge >= 0.3 is 0 Å². The monoisotopic (exact) mass is 176 g/mol. The first kappa shape index (κ1) is 7.91. The van der Waals surface area contributed by atoms with Crippen molar-refractivity contribution in [2.24, 2.45) is 7.05 Å². The molecule has 2 rings (SSSR count). The fourth-order valence-corrected chi connectivity index (χ4v) is 1.31. The van der Waals surface area contributed by atoms with Crippen molar-refractivity contribution in [1.29, 1.82) is 0 Å². The summed E-state index contributed by atoms with van der Waals surface area (Å²) in [4.78, 5) is 2.98.